The average molecular weight is 840 g/mol. The molecular weight excluding hydrogens is 787 g/mol. The maximum atomic E-state index is 15.5. The minimum absolute atomic E-state index is 0.124. The maximum Gasteiger partial charge on any atom is 0.338 e. The molecule has 1 saturated heterocycles. The van der Waals surface area contributed by atoms with Gasteiger partial charge in [-0.3, -0.25) is 19.2 Å². The summed E-state index contributed by atoms with van der Waals surface area (Å²) in [6.45, 7) is 8.07. The van der Waals surface area contributed by atoms with Crippen LogP contribution in [0.5, 0.6) is 0 Å². The normalized spacial score (nSPS) is 32.3. The summed E-state index contributed by atoms with van der Waals surface area (Å²) in [5, 5.41) is 40.5. The van der Waals surface area contributed by atoms with Crippen molar-refractivity contribution < 1.29 is 63.0 Å². The molecule has 0 radical (unpaired) electrons. The molecule has 11 unspecified atom stereocenters. The van der Waals surface area contributed by atoms with Crippen LogP contribution in [0.2, 0.25) is 0 Å². The summed E-state index contributed by atoms with van der Waals surface area (Å²) in [5.74, 6) is -5.09. The van der Waals surface area contributed by atoms with E-state index in [1.54, 1.807) is 99.6 Å². The van der Waals surface area contributed by atoms with Crippen molar-refractivity contribution in [2.75, 3.05) is 13.2 Å². The molecular formula is C47H53NO13. The third-order valence-corrected chi connectivity index (χ3v) is 13.5. The highest BCUT2D eigenvalue weighted by molar-refractivity contribution is 5.96. The Morgan fingerprint density at radius 3 is 2.02 bits per heavy atom. The largest absolute Gasteiger partial charge is 0.455 e. The van der Waals surface area contributed by atoms with Crippen LogP contribution in [0.4, 0.5) is 0 Å². The van der Waals surface area contributed by atoms with Gasteiger partial charge in [0.25, 0.3) is 5.91 Å². The first kappa shape index (κ1) is 43.8. The summed E-state index contributed by atoms with van der Waals surface area (Å²) in [6.07, 6.45) is -8.83. The van der Waals surface area contributed by atoms with E-state index < -0.39 is 107 Å². The van der Waals surface area contributed by atoms with Gasteiger partial charge in [-0.25, -0.2) is 4.79 Å². The molecule has 3 aromatic carbocycles. The maximum absolute atomic E-state index is 15.5. The Labute approximate surface area is 354 Å². The van der Waals surface area contributed by atoms with E-state index in [0.717, 1.165) is 6.92 Å². The van der Waals surface area contributed by atoms with Crippen molar-refractivity contribution in [1.29, 1.82) is 0 Å². The van der Waals surface area contributed by atoms with Gasteiger partial charge in [0, 0.05) is 37.7 Å². The van der Waals surface area contributed by atoms with Crippen molar-refractivity contribution in [2.24, 2.45) is 16.7 Å². The van der Waals surface area contributed by atoms with Crippen LogP contribution in [0.25, 0.3) is 0 Å². The molecule has 1 heterocycles. The standard InChI is InChI=1S/C47H53NO13/c1-26-33(57-24-32(51)37(29-16-10-7-11-17-29)48-42(54)30-18-12-8-13-19-30)23-47(56)41(60-43(55)31-20-14-9-15-21-31)39-45(6,34(52)22-35-46(39,25-58-35)61-28(3)50)40(53)38(59-27(2)49)36(26)44(47,4)5/h7-21,32-35,37-39,41,51-52,56H,22-25H2,1-6H3,(H,48,54). The Hall–Kier alpha value is -5.25. The second-order valence-corrected chi connectivity index (χ2v) is 17.4. The van der Waals surface area contributed by atoms with Crippen molar-refractivity contribution in [3.8, 4) is 0 Å². The SMILES string of the molecule is CC(=O)OC1C(=O)C2(C)C(O)CC3OCC3(OC(C)=O)C2C(OC(=O)c2ccccc2)C2(O)CC(OCC(O)C(NC(=O)c3ccccc3)c3ccccc3)C(C)=C1C2(C)C. The highest BCUT2D eigenvalue weighted by atomic mass is 16.6. The third kappa shape index (κ3) is 7.48. The number of esters is 3. The van der Waals surface area contributed by atoms with E-state index >= 15 is 4.79 Å². The van der Waals surface area contributed by atoms with Gasteiger partial charge in [-0.15, -0.1) is 0 Å². The van der Waals surface area contributed by atoms with Crippen molar-refractivity contribution in [3.63, 3.8) is 0 Å². The molecule has 0 aromatic heterocycles. The Kier molecular flexibility index (Phi) is 11.9. The summed E-state index contributed by atoms with van der Waals surface area (Å²) in [4.78, 5) is 69.1. The smallest absolute Gasteiger partial charge is 0.338 e. The van der Waals surface area contributed by atoms with Crippen LogP contribution in [-0.2, 0) is 38.1 Å². The van der Waals surface area contributed by atoms with E-state index in [1.165, 1.54) is 26.0 Å². The molecule has 3 fully saturated rings. The first-order chi connectivity index (χ1) is 28.9. The summed E-state index contributed by atoms with van der Waals surface area (Å²) in [7, 11) is 0. The lowest BCUT2D eigenvalue weighted by Crippen LogP contribution is -2.82. The molecule has 7 rings (SSSR count). The molecule has 3 aromatic rings. The fraction of sp³-hybridized carbons (Fsp3) is 0.468. The zero-order chi connectivity index (χ0) is 44.1. The second kappa shape index (κ2) is 16.6. The lowest BCUT2D eigenvalue weighted by molar-refractivity contribution is -0.346. The zero-order valence-electron chi connectivity index (χ0n) is 35.0. The molecule has 4 N–H and O–H groups in total. The number of benzene rings is 3. The number of Topliss-reactive ketones (excluding diaryl/α,β-unsaturated/α-hetero) is 1. The van der Waals surface area contributed by atoms with Crippen molar-refractivity contribution in [3.05, 3.63) is 119 Å². The van der Waals surface area contributed by atoms with E-state index in [2.05, 4.69) is 5.32 Å². The molecule has 2 bridgehead atoms. The van der Waals surface area contributed by atoms with Crippen LogP contribution >= 0.6 is 0 Å². The van der Waals surface area contributed by atoms with E-state index in [1.807, 2.05) is 0 Å². The first-order valence-corrected chi connectivity index (χ1v) is 20.5. The van der Waals surface area contributed by atoms with Gasteiger partial charge in [0.15, 0.2) is 17.5 Å². The lowest BCUT2D eigenvalue weighted by atomic mass is 9.44. The van der Waals surface area contributed by atoms with E-state index in [4.69, 9.17) is 23.7 Å². The number of aliphatic hydroxyl groups excluding tert-OH is 2. The highest BCUT2D eigenvalue weighted by Crippen LogP contribution is 2.64. The van der Waals surface area contributed by atoms with Crippen LogP contribution < -0.4 is 5.32 Å². The number of nitrogens with one attached hydrogen (secondary N) is 1. The number of carbonyl (C=O) groups is 5. The zero-order valence-corrected chi connectivity index (χ0v) is 35.0. The van der Waals surface area contributed by atoms with Crippen LogP contribution in [-0.4, -0.2) is 106 Å². The van der Waals surface area contributed by atoms with Gasteiger partial charge < -0.3 is 44.3 Å². The third-order valence-electron chi connectivity index (χ3n) is 13.5. The van der Waals surface area contributed by atoms with Crippen molar-refractivity contribution in [1.82, 2.24) is 5.32 Å². The number of hydrogen-bond donors (Lipinski definition) is 4. The van der Waals surface area contributed by atoms with Crippen molar-refractivity contribution in [2.45, 2.75) is 108 Å². The van der Waals surface area contributed by atoms with E-state index in [0.29, 0.717) is 16.7 Å². The average Bonchev–Trinajstić information content (AvgIpc) is 3.23. The number of carbonyl (C=O) groups excluding carboxylic acids is 5. The van der Waals surface area contributed by atoms with Crippen LogP contribution in [0.15, 0.2) is 102 Å². The molecule has 11 atom stereocenters. The fourth-order valence-electron chi connectivity index (χ4n) is 10.3. The number of amides is 1. The molecule has 3 aliphatic carbocycles. The van der Waals surface area contributed by atoms with Crippen LogP contribution in [0, 0.1) is 16.7 Å². The topological polar surface area (TPSA) is 204 Å². The molecule has 61 heavy (non-hydrogen) atoms. The summed E-state index contributed by atoms with van der Waals surface area (Å²) in [6, 6.07) is 24.4. The van der Waals surface area contributed by atoms with Gasteiger partial charge in [-0.2, -0.15) is 0 Å². The Bertz CT molecular complexity index is 2190. The number of hydrogen-bond acceptors (Lipinski definition) is 13. The molecule has 1 amide bonds. The number of fused-ring (bicyclic) bond motifs is 5. The van der Waals surface area contributed by atoms with Gasteiger partial charge in [-0.05, 0) is 54.8 Å². The number of aliphatic hydroxyl groups is 3. The van der Waals surface area contributed by atoms with Gasteiger partial charge in [0.05, 0.1) is 48.4 Å². The van der Waals surface area contributed by atoms with Crippen LogP contribution in [0.3, 0.4) is 0 Å². The molecule has 14 nitrogen and oxygen atoms in total. The fourth-order valence-corrected chi connectivity index (χ4v) is 10.3. The Morgan fingerprint density at radius 2 is 1.46 bits per heavy atom. The van der Waals surface area contributed by atoms with Crippen LogP contribution in [0.1, 0.15) is 86.7 Å². The molecule has 1 aliphatic heterocycles. The molecule has 2 saturated carbocycles. The minimum Gasteiger partial charge on any atom is -0.455 e. The Balaban J connectivity index is 1.36. The van der Waals surface area contributed by atoms with Gasteiger partial charge in [0.1, 0.15) is 23.9 Å². The van der Waals surface area contributed by atoms with E-state index in [9.17, 15) is 34.5 Å². The van der Waals surface area contributed by atoms with Gasteiger partial charge in [-0.1, -0.05) is 80.6 Å². The second-order valence-electron chi connectivity index (χ2n) is 17.4. The number of ether oxygens (including phenoxy) is 5. The molecule has 14 heteroatoms. The van der Waals surface area contributed by atoms with E-state index in [-0.39, 0.29) is 30.6 Å². The predicted octanol–water partition coefficient (Wildman–Crippen LogP) is 4.21. The molecule has 324 valence electrons. The minimum atomic E-state index is -2.22. The Morgan fingerprint density at radius 1 is 0.869 bits per heavy atom. The highest BCUT2D eigenvalue weighted by Gasteiger charge is 2.78. The summed E-state index contributed by atoms with van der Waals surface area (Å²) < 4.78 is 30.9. The lowest BCUT2D eigenvalue weighted by Gasteiger charge is -2.67. The summed E-state index contributed by atoms with van der Waals surface area (Å²) >= 11 is 0. The predicted molar refractivity (Wildman–Crippen MR) is 218 cm³/mol. The van der Waals surface area contributed by atoms with Crippen molar-refractivity contribution >= 4 is 29.6 Å². The number of ketones is 1. The van der Waals surface area contributed by atoms with Gasteiger partial charge in [0.2, 0.25) is 0 Å². The molecule has 0 spiro atoms. The monoisotopic (exact) mass is 839 g/mol. The first-order valence-electron chi connectivity index (χ1n) is 20.5. The summed E-state index contributed by atoms with van der Waals surface area (Å²) in [5.41, 5.74) is -5.81. The quantitative estimate of drug-likeness (QED) is 0.122. The number of rotatable bonds is 11. The molecule has 4 aliphatic rings. The van der Waals surface area contributed by atoms with Gasteiger partial charge >= 0.3 is 17.9 Å².